The maximum atomic E-state index is 11.5. The minimum atomic E-state index is -3.24. The van der Waals surface area contributed by atoms with Crippen LogP contribution in [0.3, 0.4) is 0 Å². The molecular weight excluding hydrogens is 230 g/mol. The van der Waals surface area contributed by atoms with Crippen LogP contribution in [0.2, 0.25) is 0 Å². The van der Waals surface area contributed by atoms with Gasteiger partial charge in [-0.15, -0.1) is 0 Å². The van der Waals surface area contributed by atoms with Crippen molar-refractivity contribution in [2.24, 2.45) is 12.8 Å². The Morgan fingerprint density at radius 1 is 1.50 bits per heavy atom. The summed E-state index contributed by atoms with van der Waals surface area (Å²) in [6.45, 7) is 0.642. The summed E-state index contributed by atoms with van der Waals surface area (Å²) in [4.78, 5) is 3.92. The number of sulfonamides is 1. The summed E-state index contributed by atoms with van der Waals surface area (Å²) in [6, 6.07) is 0. The number of nitrogens with one attached hydrogen (secondary N) is 1. The molecule has 0 amide bonds. The average Bonchev–Trinajstić information content (AvgIpc) is 2.62. The Kier molecular flexibility index (Phi) is 4.84. The van der Waals surface area contributed by atoms with Crippen molar-refractivity contribution in [2.45, 2.75) is 19.4 Å². The van der Waals surface area contributed by atoms with E-state index in [0.717, 1.165) is 0 Å². The smallest absolute Gasteiger partial charge is 0.212 e. The van der Waals surface area contributed by atoms with Gasteiger partial charge in [0, 0.05) is 7.05 Å². The Hall–Kier alpha value is -0.990. The maximum Gasteiger partial charge on any atom is 0.212 e. The second-order valence-corrected chi connectivity index (χ2v) is 5.40. The van der Waals surface area contributed by atoms with E-state index in [9.17, 15) is 8.42 Å². The van der Waals surface area contributed by atoms with Gasteiger partial charge in [0.25, 0.3) is 0 Å². The lowest BCUT2D eigenvalue weighted by molar-refractivity contribution is 0.574. The number of nitrogens with zero attached hydrogens (tertiary/aromatic N) is 3. The second kappa shape index (κ2) is 5.92. The molecule has 0 saturated heterocycles. The van der Waals surface area contributed by atoms with Crippen LogP contribution in [0.15, 0.2) is 6.33 Å². The number of hydrogen-bond acceptors (Lipinski definition) is 5. The van der Waals surface area contributed by atoms with Gasteiger partial charge >= 0.3 is 0 Å². The zero-order chi connectivity index (χ0) is 12.0. The van der Waals surface area contributed by atoms with Crippen molar-refractivity contribution in [1.29, 1.82) is 0 Å². The van der Waals surface area contributed by atoms with Crippen molar-refractivity contribution in [2.75, 3.05) is 12.3 Å². The molecule has 7 nitrogen and oxygen atoms in total. The monoisotopic (exact) mass is 247 g/mol. The third-order valence-electron chi connectivity index (χ3n) is 1.96. The van der Waals surface area contributed by atoms with Crippen LogP contribution in [0.5, 0.6) is 0 Å². The molecule has 0 aliphatic rings. The third-order valence-corrected chi connectivity index (χ3v) is 3.37. The molecule has 1 aromatic rings. The molecule has 1 heterocycles. The number of aromatic nitrogens is 3. The normalized spacial score (nSPS) is 11.9. The van der Waals surface area contributed by atoms with Crippen molar-refractivity contribution in [3.8, 4) is 0 Å². The minimum Gasteiger partial charge on any atom is -0.330 e. The van der Waals surface area contributed by atoms with E-state index < -0.39 is 10.0 Å². The number of rotatable bonds is 7. The van der Waals surface area contributed by atoms with Gasteiger partial charge < -0.3 is 5.73 Å². The largest absolute Gasteiger partial charge is 0.330 e. The van der Waals surface area contributed by atoms with Gasteiger partial charge in [0.15, 0.2) is 5.82 Å². The Morgan fingerprint density at radius 3 is 2.81 bits per heavy atom. The molecule has 0 aliphatic carbocycles. The molecule has 0 bridgehead atoms. The van der Waals surface area contributed by atoms with E-state index in [4.69, 9.17) is 5.73 Å². The first-order valence-electron chi connectivity index (χ1n) is 5.05. The van der Waals surface area contributed by atoms with Crippen LogP contribution in [0.4, 0.5) is 0 Å². The molecule has 0 atom stereocenters. The summed E-state index contributed by atoms with van der Waals surface area (Å²) in [5.74, 6) is 0.557. The van der Waals surface area contributed by atoms with E-state index in [2.05, 4.69) is 14.8 Å². The zero-order valence-corrected chi connectivity index (χ0v) is 10.1. The molecule has 0 aromatic carbocycles. The van der Waals surface area contributed by atoms with E-state index in [1.165, 1.54) is 11.0 Å². The molecule has 3 N–H and O–H groups in total. The molecule has 92 valence electrons. The summed E-state index contributed by atoms with van der Waals surface area (Å²) in [5, 5.41) is 3.97. The van der Waals surface area contributed by atoms with E-state index >= 15 is 0 Å². The van der Waals surface area contributed by atoms with Gasteiger partial charge in [0.1, 0.15) is 6.33 Å². The summed E-state index contributed by atoms with van der Waals surface area (Å²) in [5.41, 5.74) is 5.29. The Balaban J connectivity index is 2.36. The topological polar surface area (TPSA) is 103 Å². The van der Waals surface area contributed by atoms with Gasteiger partial charge in [0.2, 0.25) is 10.0 Å². The van der Waals surface area contributed by atoms with E-state index in [0.29, 0.717) is 25.2 Å². The lowest BCUT2D eigenvalue weighted by Gasteiger charge is -2.03. The second-order valence-electron chi connectivity index (χ2n) is 3.47. The fourth-order valence-corrected chi connectivity index (χ4v) is 2.23. The Bertz CT molecular complexity index is 414. The molecule has 1 aromatic heterocycles. The van der Waals surface area contributed by atoms with Gasteiger partial charge in [-0.25, -0.2) is 18.1 Å². The minimum absolute atomic E-state index is 0.0943. The third kappa shape index (κ3) is 4.69. The van der Waals surface area contributed by atoms with Crippen molar-refractivity contribution in [1.82, 2.24) is 19.5 Å². The fourth-order valence-electron chi connectivity index (χ4n) is 1.15. The van der Waals surface area contributed by atoms with Crippen LogP contribution in [0.25, 0.3) is 0 Å². The van der Waals surface area contributed by atoms with Crippen molar-refractivity contribution >= 4 is 10.0 Å². The highest BCUT2D eigenvalue weighted by Crippen LogP contribution is 1.95. The number of nitrogens with two attached hydrogens (primary N) is 1. The van der Waals surface area contributed by atoms with E-state index in [1.54, 1.807) is 7.05 Å². The molecule has 16 heavy (non-hydrogen) atoms. The number of hydrogen-bond donors (Lipinski definition) is 2. The van der Waals surface area contributed by atoms with E-state index in [-0.39, 0.29) is 12.3 Å². The summed E-state index contributed by atoms with van der Waals surface area (Å²) in [6.07, 6.45) is 2.81. The molecule has 0 radical (unpaired) electrons. The SMILES string of the molecule is Cn1cnc(CNS(=O)(=O)CCCCN)n1. The Morgan fingerprint density at radius 2 is 2.25 bits per heavy atom. The summed E-state index contributed by atoms with van der Waals surface area (Å²) >= 11 is 0. The standard InChI is InChI=1S/C8H17N5O2S/c1-13-7-10-8(12-13)6-11-16(14,15)5-3-2-4-9/h7,11H,2-6,9H2,1H3. The van der Waals surface area contributed by atoms with Crippen LogP contribution < -0.4 is 10.5 Å². The lowest BCUT2D eigenvalue weighted by Crippen LogP contribution is -2.26. The van der Waals surface area contributed by atoms with Gasteiger partial charge in [-0.05, 0) is 19.4 Å². The van der Waals surface area contributed by atoms with Crippen LogP contribution in [0, 0.1) is 0 Å². The highest BCUT2D eigenvalue weighted by molar-refractivity contribution is 7.89. The highest BCUT2D eigenvalue weighted by atomic mass is 32.2. The summed E-state index contributed by atoms with van der Waals surface area (Å²) in [7, 11) is -1.51. The molecule has 1 rings (SSSR count). The Labute approximate surface area is 95.1 Å². The maximum absolute atomic E-state index is 11.5. The molecule has 0 saturated carbocycles. The quantitative estimate of drug-likeness (QED) is 0.600. The van der Waals surface area contributed by atoms with Gasteiger partial charge in [-0.3, -0.25) is 4.68 Å². The molecule has 8 heteroatoms. The predicted octanol–water partition coefficient (Wildman–Crippen LogP) is -1.03. The fraction of sp³-hybridized carbons (Fsp3) is 0.750. The zero-order valence-electron chi connectivity index (χ0n) is 9.26. The summed E-state index contributed by atoms with van der Waals surface area (Å²) < 4.78 is 26.9. The lowest BCUT2D eigenvalue weighted by atomic mass is 10.3. The van der Waals surface area contributed by atoms with Crippen LogP contribution in [0.1, 0.15) is 18.7 Å². The van der Waals surface area contributed by atoms with Crippen LogP contribution in [-0.2, 0) is 23.6 Å². The van der Waals surface area contributed by atoms with Crippen LogP contribution >= 0.6 is 0 Å². The molecule has 0 aliphatic heterocycles. The first-order chi connectivity index (χ1) is 7.53. The van der Waals surface area contributed by atoms with Crippen molar-refractivity contribution in [3.05, 3.63) is 12.2 Å². The highest BCUT2D eigenvalue weighted by Gasteiger charge is 2.10. The van der Waals surface area contributed by atoms with Crippen LogP contribution in [-0.4, -0.2) is 35.5 Å². The number of aryl methyl sites for hydroxylation is 1. The molecule has 0 fully saturated rings. The van der Waals surface area contributed by atoms with Gasteiger partial charge in [-0.1, -0.05) is 0 Å². The van der Waals surface area contributed by atoms with Crippen molar-refractivity contribution in [3.63, 3.8) is 0 Å². The molecular formula is C8H17N5O2S. The number of unbranched alkanes of at least 4 members (excludes halogenated alkanes) is 1. The van der Waals surface area contributed by atoms with Gasteiger partial charge in [-0.2, -0.15) is 5.10 Å². The first kappa shape index (κ1) is 13.1. The van der Waals surface area contributed by atoms with Gasteiger partial charge in [0.05, 0.1) is 12.3 Å². The van der Waals surface area contributed by atoms with E-state index in [1.807, 2.05) is 0 Å². The first-order valence-corrected chi connectivity index (χ1v) is 6.70. The predicted molar refractivity (Wildman–Crippen MR) is 59.9 cm³/mol. The average molecular weight is 247 g/mol. The molecule has 0 spiro atoms. The van der Waals surface area contributed by atoms with Crippen molar-refractivity contribution < 1.29 is 8.42 Å². The molecule has 0 unspecified atom stereocenters.